The molecule has 1 heterocycles. The first-order valence-electron chi connectivity index (χ1n) is 10.6. The van der Waals surface area contributed by atoms with Gasteiger partial charge in [-0.25, -0.2) is 4.39 Å². The Kier molecular flexibility index (Phi) is 6.51. The van der Waals surface area contributed by atoms with E-state index in [4.69, 9.17) is 4.74 Å². The molecule has 0 spiro atoms. The first-order chi connectivity index (χ1) is 13.7. The van der Waals surface area contributed by atoms with E-state index in [1.54, 1.807) is 13.2 Å². The molecule has 0 aromatic carbocycles. The topological polar surface area (TPSA) is 29.5 Å². The molecule has 2 nitrogen and oxygen atoms in total. The van der Waals surface area contributed by atoms with Gasteiger partial charge in [0.15, 0.2) is 0 Å². The maximum absolute atomic E-state index is 14.2. The maximum atomic E-state index is 14.2. The molecule has 1 saturated carbocycles. The third-order valence-electron chi connectivity index (χ3n) is 6.54. The molecule has 0 bridgehead atoms. The summed E-state index contributed by atoms with van der Waals surface area (Å²) in [5.74, 6) is 0.928. The predicted molar refractivity (Wildman–Crippen MR) is 117 cm³/mol. The Bertz CT molecular complexity index is 862. The Hall–Kier alpha value is -2.09. The van der Waals surface area contributed by atoms with Crippen LogP contribution in [-0.2, 0) is 4.74 Å². The van der Waals surface area contributed by atoms with Crippen LogP contribution >= 0.6 is 0 Å². The van der Waals surface area contributed by atoms with E-state index in [1.807, 2.05) is 19.9 Å². The zero-order valence-electron chi connectivity index (χ0n) is 18.1. The van der Waals surface area contributed by atoms with Gasteiger partial charge < -0.3 is 9.84 Å². The highest BCUT2D eigenvalue weighted by molar-refractivity contribution is 5.59. The van der Waals surface area contributed by atoms with Crippen molar-refractivity contribution in [2.75, 3.05) is 0 Å². The van der Waals surface area contributed by atoms with E-state index >= 15 is 0 Å². The highest BCUT2D eigenvalue weighted by Gasteiger charge is 2.35. The van der Waals surface area contributed by atoms with Gasteiger partial charge in [0, 0.05) is 11.1 Å². The molecular formula is C26H33FO2. The summed E-state index contributed by atoms with van der Waals surface area (Å²) < 4.78 is 19.8. The molecule has 3 aliphatic rings. The van der Waals surface area contributed by atoms with E-state index in [0.717, 1.165) is 59.3 Å². The van der Waals surface area contributed by atoms with Gasteiger partial charge in [-0.2, -0.15) is 0 Å². The average molecular weight is 397 g/mol. The highest BCUT2D eigenvalue weighted by Crippen LogP contribution is 2.41. The van der Waals surface area contributed by atoms with Gasteiger partial charge in [0.25, 0.3) is 0 Å². The van der Waals surface area contributed by atoms with Crippen LogP contribution in [0.2, 0.25) is 0 Å². The highest BCUT2D eigenvalue weighted by atomic mass is 19.1. The number of aliphatic hydroxyl groups excluding tert-OH is 1. The second-order valence-corrected chi connectivity index (χ2v) is 8.83. The largest absolute Gasteiger partial charge is 0.461 e. The summed E-state index contributed by atoms with van der Waals surface area (Å²) >= 11 is 0. The van der Waals surface area contributed by atoms with Gasteiger partial charge in [-0.05, 0) is 94.9 Å². The number of allylic oxidation sites excluding steroid dienone is 8. The average Bonchev–Trinajstić information content (AvgIpc) is 2.67. The van der Waals surface area contributed by atoms with Crippen LogP contribution in [0.4, 0.5) is 4.39 Å². The third-order valence-corrected chi connectivity index (χ3v) is 6.54. The molecule has 29 heavy (non-hydrogen) atoms. The van der Waals surface area contributed by atoms with Gasteiger partial charge >= 0.3 is 0 Å². The van der Waals surface area contributed by atoms with Crippen molar-refractivity contribution in [2.24, 2.45) is 5.92 Å². The normalized spacial score (nSPS) is 29.3. The summed E-state index contributed by atoms with van der Waals surface area (Å²) in [5.41, 5.74) is 8.32. The van der Waals surface area contributed by atoms with E-state index in [0.29, 0.717) is 12.8 Å². The van der Waals surface area contributed by atoms with Crippen molar-refractivity contribution in [3.63, 3.8) is 0 Å². The Morgan fingerprint density at radius 3 is 2.66 bits per heavy atom. The molecule has 1 unspecified atom stereocenters. The van der Waals surface area contributed by atoms with Crippen LogP contribution in [0.5, 0.6) is 0 Å². The van der Waals surface area contributed by atoms with E-state index < -0.39 is 11.8 Å². The number of ether oxygens (including phenoxy) is 1. The van der Waals surface area contributed by atoms with Gasteiger partial charge in [0.2, 0.25) is 0 Å². The van der Waals surface area contributed by atoms with Crippen LogP contribution in [0, 0.1) is 5.92 Å². The molecule has 0 saturated heterocycles. The van der Waals surface area contributed by atoms with Gasteiger partial charge in [0.05, 0.1) is 6.10 Å². The quantitative estimate of drug-likeness (QED) is 0.410. The lowest BCUT2D eigenvalue weighted by Gasteiger charge is -2.35. The van der Waals surface area contributed by atoms with Crippen molar-refractivity contribution in [1.29, 1.82) is 0 Å². The van der Waals surface area contributed by atoms with Gasteiger partial charge in [-0.1, -0.05) is 30.0 Å². The first kappa shape index (κ1) is 21.6. The molecule has 2 aliphatic carbocycles. The molecule has 0 radical (unpaired) electrons. The summed E-state index contributed by atoms with van der Waals surface area (Å²) in [5, 5.41) is 11.2. The summed E-state index contributed by atoms with van der Waals surface area (Å²) in [6.45, 7) is 11.8. The Labute approximate surface area is 174 Å². The van der Waals surface area contributed by atoms with Crippen molar-refractivity contribution in [3.8, 4) is 0 Å². The van der Waals surface area contributed by atoms with Crippen molar-refractivity contribution in [2.45, 2.75) is 78.0 Å². The lowest BCUT2D eigenvalue weighted by atomic mass is 9.74. The molecule has 0 aromatic heterocycles. The monoisotopic (exact) mass is 396 g/mol. The molecule has 3 rings (SSSR count). The molecule has 1 aliphatic heterocycles. The van der Waals surface area contributed by atoms with Crippen molar-refractivity contribution < 1.29 is 14.2 Å². The fraction of sp³-hybridized carbons (Fsp3) is 0.500. The van der Waals surface area contributed by atoms with E-state index in [9.17, 15) is 9.50 Å². The number of hydrogen-bond acceptors (Lipinski definition) is 2. The van der Waals surface area contributed by atoms with E-state index in [-0.39, 0.29) is 5.92 Å². The lowest BCUT2D eigenvalue weighted by Crippen LogP contribution is -2.33. The van der Waals surface area contributed by atoms with Gasteiger partial charge in [0.1, 0.15) is 17.7 Å². The first-order valence-corrected chi connectivity index (χ1v) is 10.6. The number of aliphatic hydroxyl groups is 1. The molecule has 1 fully saturated rings. The summed E-state index contributed by atoms with van der Waals surface area (Å²) in [6, 6.07) is 0. The van der Waals surface area contributed by atoms with Crippen LogP contribution in [-0.4, -0.2) is 16.9 Å². The number of halogens is 1. The van der Waals surface area contributed by atoms with E-state index in [1.165, 1.54) is 5.57 Å². The van der Waals surface area contributed by atoms with Crippen LogP contribution in [0.15, 0.2) is 76.0 Å². The second kappa shape index (κ2) is 8.73. The number of hydrogen-bond donors (Lipinski definition) is 1. The van der Waals surface area contributed by atoms with Crippen LogP contribution in [0.3, 0.4) is 0 Å². The fourth-order valence-electron chi connectivity index (χ4n) is 4.64. The summed E-state index contributed by atoms with van der Waals surface area (Å²) in [4.78, 5) is 0. The molecule has 0 aromatic rings. The standard InChI is InChI=1S/C26H33FO2/c1-6-20(24-18(3)12-15-29-19(24)4)16-23-17(2)8-7-9-22(23)25(28)21-10-13-26(5,27)14-11-21/h6,9,15-16,21,25,28H,1,7-8,10-11,13-14H2,2-5H3/b20-16+. The predicted octanol–water partition coefficient (Wildman–Crippen LogP) is 6.78. The Morgan fingerprint density at radius 1 is 1.34 bits per heavy atom. The lowest BCUT2D eigenvalue weighted by molar-refractivity contribution is 0.0513. The SMILES string of the molecule is C=C/C(=C\C1=C(C)CCC=C1C(O)C1CCC(C)(F)CC1)C1=C(C)OC=C=C1C. The minimum Gasteiger partial charge on any atom is -0.461 e. The maximum Gasteiger partial charge on any atom is 0.133 e. The zero-order valence-corrected chi connectivity index (χ0v) is 18.1. The Morgan fingerprint density at radius 2 is 2.03 bits per heavy atom. The molecule has 3 heteroatoms. The Balaban J connectivity index is 1.93. The summed E-state index contributed by atoms with van der Waals surface area (Å²) in [6.07, 6.45) is 11.5. The minimum atomic E-state index is -1.09. The van der Waals surface area contributed by atoms with Crippen molar-refractivity contribution in [1.82, 2.24) is 0 Å². The summed E-state index contributed by atoms with van der Waals surface area (Å²) in [7, 11) is 0. The smallest absolute Gasteiger partial charge is 0.133 e. The number of alkyl halides is 1. The molecule has 0 amide bonds. The van der Waals surface area contributed by atoms with Gasteiger partial charge in [-0.15, -0.1) is 0 Å². The fourth-order valence-corrected chi connectivity index (χ4v) is 4.64. The molecule has 1 atom stereocenters. The van der Waals surface area contributed by atoms with Crippen molar-refractivity contribution in [3.05, 3.63) is 76.0 Å². The van der Waals surface area contributed by atoms with Gasteiger partial charge in [-0.3, -0.25) is 0 Å². The third kappa shape index (κ3) is 4.74. The van der Waals surface area contributed by atoms with Crippen LogP contribution < -0.4 is 0 Å². The molecular weight excluding hydrogens is 363 g/mol. The molecule has 156 valence electrons. The minimum absolute atomic E-state index is 0.107. The zero-order chi connectivity index (χ0) is 21.2. The molecule has 1 N–H and O–H groups in total. The van der Waals surface area contributed by atoms with Crippen LogP contribution in [0.1, 0.15) is 66.2 Å². The van der Waals surface area contributed by atoms with Crippen molar-refractivity contribution >= 4 is 0 Å². The van der Waals surface area contributed by atoms with Crippen LogP contribution in [0.25, 0.3) is 0 Å². The second-order valence-electron chi connectivity index (χ2n) is 8.83. The number of rotatable bonds is 5. The van der Waals surface area contributed by atoms with E-state index in [2.05, 4.69) is 31.4 Å².